The SMILES string of the molecule is CCOC(=O)[C@H](CSC1Cc2ccccc2C1)N[C@@H](C)C(=O)N1CCC[C@H]1C(=O)OC. The van der Waals surface area contributed by atoms with Gasteiger partial charge in [-0.1, -0.05) is 24.3 Å². The maximum atomic E-state index is 13.0. The van der Waals surface area contributed by atoms with Gasteiger partial charge in [0.2, 0.25) is 5.91 Å². The van der Waals surface area contributed by atoms with E-state index in [9.17, 15) is 14.4 Å². The monoisotopic (exact) mass is 448 g/mol. The van der Waals surface area contributed by atoms with Gasteiger partial charge >= 0.3 is 11.9 Å². The summed E-state index contributed by atoms with van der Waals surface area (Å²) in [4.78, 5) is 39.1. The van der Waals surface area contributed by atoms with Crippen LogP contribution < -0.4 is 5.32 Å². The smallest absolute Gasteiger partial charge is 0.328 e. The Morgan fingerprint density at radius 3 is 2.52 bits per heavy atom. The Morgan fingerprint density at radius 1 is 1.23 bits per heavy atom. The van der Waals surface area contributed by atoms with Crippen LogP contribution in [0.25, 0.3) is 0 Å². The Labute approximate surface area is 188 Å². The predicted molar refractivity (Wildman–Crippen MR) is 120 cm³/mol. The van der Waals surface area contributed by atoms with Crippen LogP contribution in [0.3, 0.4) is 0 Å². The molecule has 0 aromatic heterocycles. The Morgan fingerprint density at radius 2 is 1.90 bits per heavy atom. The molecule has 8 heteroatoms. The molecule has 1 aliphatic carbocycles. The third-order valence-electron chi connectivity index (χ3n) is 5.91. The molecule has 0 bridgehead atoms. The molecule has 1 amide bonds. The van der Waals surface area contributed by atoms with E-state index >= 15 is 0 Å². The van der Waals surface area contributed by atoms with Gasteiger partial charge in [-0.15, -0.1) is 0 Å². The van der Waals surface area contributed by atoms with Crippen LogP contribution >= 0.6 is 11.8 Å². The van der Waals surface area contributed by atoms with Crippen molar-refractivity contribution in [3.63, 3.8) is 0 Å². The number of benzene rings is 1. The van der Waals surface area contributed by atoms with Crippen LogP contribution in [0.5, 0.6) is 0 Å². The fraction of sp³-hybridized carbons (Fsp3) is 0.609. The Bertz CT molecular complexity index is 777. The molecule has 1 fully saturated rings. The topological polar surface area (TPSA) is 84.9 Å². The van der Waals surface area contributed by atoms with Crippen molar-refractivity contribution in [1.82, 2.24) is 10.2 Å². The van der Waals surface area contributed by atoms with E-state index in [1.165, 1.54) is 18.2 Å². The molecule has 1 N–H and O–H groups in total. The van der Waals surface area contributed by atoms with Crippen LogP contribution in [0, 0.1) is 0 Å². The summed E-state index contributed by atoms with van der Waals surface area (Å²) in [5.74, 6) is -0.414. The number of hydrogen-bond donors (Lipinski definition) is 1. The van der Waals surface area contributed by atoms with Crippen LogP contribution in [0.15, 0.2) is 24.3 Å². The average Bonchev–Trinajstić information content (AvgIpc) is 3.42. The van der Waals surface area contributed by atoms with Gasteiger partial charge in [-0.25, -0.2) is 4.79 Å². The molecule has 0 radical (unpaired) electrons. The zero-order valence-electron chi connectivity index (χ0n) is 18.5. The zero-order valence-corrected chi connectivity index (χ0v) is 19.3. The molecule has 1 aromatic carbocycles. The molecule has 1 aromatic rings. The molecule has 31 heavy (non-hydrogen) atoms. The van der Waals surface area contributed by atoms with Crippen molar-refractivity contribution in [2.75, 3.05) is 26.0 Å². The van der Waals surface area contributed by atoms with Crippen LogP contribution in [-0.4, -0.2) is 72.1 Å². The maximum absolute atomic E-state index is 13.0. The van der Waals surface area contributed by atoms with Crippen LogP contribution in [-0.2, 0) is 36.7 Å². The third-order valence-corrected chi connectivity index (χ3v) is 7.24. The van der Waals surface area contributed by atoms with Crippen LogP contribution in [0.4, 0.5) is 0 Å². The van der Waals surface area contributed by atoms with E-state index in [-0.39, 0.29) is 18.5 Å². The van der Waals surface area contributed by atoms with E-state index in [4.69, 9.17) is 9.47 Å². The zero-order chi connectivity index (χ0) is 22.4. The first-order valence-electron chi connectivity index (χ1n) is 10.9. The fourth-order valence-electron chi connectivity index (χ4n) is 4.33. The number of methoxy groups -OCH3 is 1. The molecule has 3 atom stereocenters. The van der Waals surface area contributed by atoms with Gasteiger partial charge in [0.1, 0.15) is 12.1 Å². The van der Waals surface area contributed by atoms with Crippen molar-refractivity contribution in [2.24, 2.45) is 0 Å². The lowest BCUT2D eigenvalue weighted by Crippen LogP contribution is -2.54. The second-order valence-corrected chi connectivity index (χ2v) is 9.37. The lowest BCUT2D eigenvalue weighted by molar-refractivity contribution is -0.152. The van der Waals surface area contributed by atoms with Crippen molar-refractivity contribution < 1.29 is 23.9 Å². The van der Waals surface area contributed by atoms with Gasteiger partial charge in [-0.3, -0.25) is 14.9 Å². The number of amides is 1. The Kier molecular flexibility index (Phi) is 8.37. The maximum Gasteiger partial charge on any atom is 0.328 e. The molecule has 0 unspecified atom stereocenters. The van der Waals surface area contributed by atoms with Gasteiger partial charge < -0.3 is 14.4 Å². The van der Waals surface area contributed by atoms with E-state index < -0.39 is 24.1 Å². The molecule has 2 aliphatic rings. The summed E-state index contributed by atoms with van der Waals surface area (Å²) in [6.07, 6.45) is 3.33. The molecule has 7 nitrogen and oxygen atoms in total. The number of ether oxygens (including phenoxy) is 2. The van der Waals surface area contributed by atoms with Gasteiger partial charge in [-0.2, -0.15) is 11.8 Å². The fourth-order valence-corrected chi connectivity index (χ4v) is 5.62. The van der Waals surface area contributed by atoms with Gasteiger partial charge in [0.05, 0.1) is 19.8 Å². The first-order chi connectivity index (χ1) is 14.9. The lowest BCUT2D eigenvalue weighted by atomic mass is 10.1. The molecule has 1 heterocycles. The molecule has 0 saturated carbocycles. The van der Waals surface area contributed by atoms with E-state index in [1.54, 1.807) is 30.5 Å². The molecule has 1 saturated heterocycles. The highest BCUT2D eigenvalue weighted by atomic mass is 32.2. The van der Waals surface area contributed by atoms with Gasteiger partial charge in [-0.05, 0) is 50.7 Å². The average molecular weight is 449 g/mol. The number of hydrogen-bond acceptors (Lipinski definition) is 7. The quantitative estimate of drug-likeness (QED) is 0.578. The molecule has 0 spiro atoms. The van der Waals surface area contributed by atoms with Crippen molar-refractivity contribution >= 4 is 29.6 Å². The number of esters is 2. The minimum Gasteiger partial charge on any atom is -0.467 e. The van der Waals surface area contributed by atoms with E-state index in [0.29, 0.717) is 24.0 Å². The van der Waals surface area contributed by atoms with Gasteiger partial charge in [0, 0.05) is 17.5 Å². The van der Waals surface area contributed by atoms with Crippen LogP contribution in [0.1, 0.15) is 37.8 Å². The first-order valence-corrected chi connectivity index (χ1v) is 12.0. The third kappa shape index (κ3) is 5.80. The van der Waals surface area contributed by atoms with E-state index in [1.807, 2.05) is 0 Å². The minimum absolute atomic E-state index is 0.194. The molecular formula is C23H32N2O5S. The van der Waals surface area contributed by atoms with Crippen molar-refractivity contribution in [2.45, 2.75) is 62.9 Å². The van der Waals surface area contributed by atoms with E-state index in [2.05, 4.69) is 29.6 Å². The molecule has 170 valence electrons. The Balaban J connectivity index is 1.59. The summed E-state index contributed by atoms with van der Waals surface area (Å²) in [7, 11) is 1.33. The van der Waals surface area contributed by atoms with Crippen molar-refractivity contribution in [1.29, 1.82) is 0 Å². The van der Waals surface area contributed by atoms with E-state index in [0.717, 1.165) is 19.3 Å². The standard InChI is InChI=1S/C23H32N2O5S/c1-4-30-22(27)19(14-31-18-12-16-8-5-6-9-17(16)13-18)24-15(2)21(26)25-11-7-10-20(25)23(28)29-3/h5-6,8-9,15,18-20,24H,4,7,10-14H2,1-3H3/t15-,19-,20-/m0/s1. The normalized spacial score (nSPS) is 20.2. The number of nitrogens with zero attached hydrogens (tertiary/aromatic N) is 1. The summed E-state index contributed by atoms with van der Waals surface area (Å²) in [5, 5.41) is 3.57. The second kappa shape index (κ2) is 11.0. The number of carbonyl (C=O) groups is 3. The summed E-state index contributed by atoms with van der Waals surface area (Å²) >= 11 is 1.74. The lowest BCUT2D eigenvalue weighted by Gasteiger charge is -2.28. The van der Waals surface area contributed by atoms with Crippen molar-refractivity contribution in [3.05, 3.63) is 35.4 Å². The summed E-state index contributed by atoms with van der Waals surface area (Å²) < 4.78 is 10.1. The van der Waals surface area contributed by atoms with Gasteiger partial charge in [0.25, 0.3) is 0 Å². The number of nitrogens with one attached hydrogen (secondary N) is 1. The second-order valence-electron chi connectivity index (χ2n) is 8.04. The van der Waals surface area contributed by atoms with Crippen molar-refractivity contribution in [3.8, 4) is 0 Å². The predicted octanol–water partition coefficient (Wildman–Crippen LogP) is 1.96. The largest absolute Gasteiger partial charge is 0.467 e. The molecule has 3 rings (SSSR count). The number of rotatable bonds is 9. The highest BCUT2D eigenvalue weighted by Crippen LogP contribution is 2.30. The number of carbonyl (C=O) groups excluding carboxylic acids is 3. The van der Waals surface area contributed by atoms with Gasteiger partial charge in [0.15, 0.2) is 0 Å². The highest BCUT2D eigenvalue weighted by molar-refractivity contribution is 8.00. The number of likely N-dealkylation sites (tertiary alicyclic amines) is 1. The molecule has 1 aliphatic heterocycles. The van der Waals surface area contributed by atoms with Crippen LogP contribution in [0.2, 0.25) is 0 Å². The summed E-state index contributed by atoms with van der Waals surface area (Å²) in [6, 6.07) is 6.68. The molecular weight excluding hydrogens is 416 g/mol. The minimum atomic E-state index is -0.610. The Hall–Kier alpha value is -2.06. The summed E-state index contributed by atoms with van der Waals surface area (Å²) in [6.45, 7) is 4.31. The highest BCUT2D eigenvalue weighted by Gasteiger charge is 2.38. The number of fused-ring (bicyclic) bond motifs is 1. The number of thioether (sulfide) groups is 1. The first kappa shape index (κ1) is 23.6. The summed E-state index contributed by atoms with van der Waals surface area (Å²) in [5.41, 5.74) is 2.74.